The summed E-state index contributed by atoms with van der Waals surface area (Å²) in [7, 11) is 1.17. The molecule has 0 aliphatic carbocycles. The van der Waals surface area contributed by atoms with Gasteiger partial charge in [-0.3, -0.25) is 9.18 Å². The standard InChI is InChI=1S/C36H56F3NO7/c1-4-6-7-11-14-23-35(38,39)24-15-12-9-8-10-13-17-30(36(45,22-5-2)34(43)44)32(41)40-31(33(42)46-3)27-28-18-20-29(21-19-28)47-26-16-25-37/h13,17-21,30-31,45H,4-12,14-16,22-27H2,1-3H3,(H,40,41)(H,43,44)/b17-13+/t30-,31+,36+/m1/s1. The van der Waals surface area contributed by atoms with E-state index in [1.165, 1.54) is 13.2 Å². The summed E-state index contributed by atoms with van der Waals surface area (Å²) in [6, 6.07) is 5.51. The quantitative estimate of drug-likeness (QED) is 0.0497. The van der Waals surface area contributed by atoms with Gasteiger partial charge in [-0.15, -0.1) is 0 Å². The number of benzene rings is 1. The number of hydrogen-bond acceptors (Lipinski definition) is 6. The zero-order valence-electron chi connectivity index (χ0n) is 28.4. The van der Waals surface area contributed by atoms with Crippen LogP contribution in [0.15, 0.2) is 36.4 Å². The molecule has 0 radical (unpaired) electrons. The number of esters is 1. The van der Waals surface area contributed by atoms with E-state index in [1.54, 1.807) is 37.3 Å². The number of halogens is 3. The number of alkyl halides is 3. The molecule has 8 nitrogen and oxygen atoms in total. The third-order valence-electron chi connectivity index (χ3n) is 8.15. The highest BCUT2D eigenvalue weighted by molar-refractivity contribution is 5.92. The first-order valence-corrected chi connectivity index (χ1v) is 17.1. The summed E-state index contributed by atoms with van der Waals surface area (Å²) in [5.74, 6) is -6.80. The number of aliphatic carboxylic acids is 1. The van der Waals surface area contributed by atoms with Gasteiger partial charge in [0.2, 0.25) is 11.8 Å². The van der Waals surface area contributed by atoms with E-state index in [2.05, 4.69) is 12.2 Å². The minimum atomic E-state index is -2.65. The van der Waals surface area contributed by atoms with Crippen molar-refractivity contribution < 1.29 is 47.2 Å². The summed E-state index contributed by atoms with van der Waals surface area (Å²) in [5.41, 5.74) is -1.77. The Morgan fingerprint density at radius 3 is 2.06 bits per heavy atom. The molecule has 0 fully saturated rings. The van der Waals surface area contributed by atoms with E-state index in [-0.39, 0.29) is 45.1 Å². The van der Waals surface area contributed by atoms with E-state index in [9.17, 15) is 37.8 Å². The van der Waals surface area contributed by atoms with Crippen molar-refractivity contribution in [2.24, 2.45) is 5.92 Å². The fourth-order valence-corrected chi connectivity index (χ4v) is 5.38. The van der Waals surface area contributed by atoms with Gasteiger partial charge in [0.1, 0.15) is 11.8 Å². The lowest BCUT2D eigenvalue weighted by atomic mass is 9.82. The van der Waals surface area contributed by atoms with Crippen molar-refractivity contribution in [2.45, 2.75) is 134 Å². The summed E-state index contributed by atoms with van der Waals surface area (Å²) >= 11 is 0. The molecular weight excluding hydrogens is 615 g/mol. The maximum Gasteiger partial charge on any atom is 0.336 e. The van der Waals surface area contributed by atoms with Crippen LogP contribution >= 0.6 is 0 Å². The molecule has 3 N–H and O–H groups in total. The van der Waals surface area contributed by atoms with Crippen LogP contribution in [0.4, 0.5) is 13.2 Å². The molecule has 0 aromatic heterocycles. The molecular formula is C36H56F3NO7. The fraction of sp³-hybridized carbons (Fsp3) is 0.694. The number of carbonyl (C=O) groups excluding carboxylic acids is 2. The number of aliphatic hydroxyl groups is 1. The Morgan fingerprint density at radius 1 is 0.894 bits per heavy atom. The Labute approximate surface area is 278 Å². The molecule has 11 heteroatoms. The van der Waals surface area contributed by atoms with E-state index in [0.717, 1.165) is 25.7 Å². The van der Waals surface area contributed by atoms with Gasteiger partial charge >= 0.3 is 11.9 Å². The van der Waals surface area contributed by atoms with E-state index < -0.39 is 48.0 Å². The molecule has 0 aliphatic rings. The highest BCUT2D eigenvalue weighted by Crippen LogP contribution is 2.29. The van der Waals surface area contributed by atoms with Crippen molar-refractivity contribution in [1.29, 1.82) is 0 Å². The number of allylic oxidation sites excluding steroid dienone is 1. The number of rotatable bonds is 27. The van der Waals surface area contributed by atoms with Crippen LogP contribution in [0.25, 0.3) is 0 Å². The number of hydrogen-bond donors (Lipinski definition) is 3. The Morgan fingerprint density at radius 2 is 1.51 bits per heavy atom. The average Bonchev–Trinajstić information content (AvgIpc) is 3.04. The molecule has 0 aliphatic heterocycles. The number of carbonyl (C=O) groups is 3. The summed E-state index contributed by atoms with van der Waals surface area (Å²) < 4.78 is 51.0. The predicted molar refractivity (Wildman–Crippen MR) is 176 cm³/mol. The van der Waals surface area contributed by atoms with Crippen LogP contribution in [0.5, 0.6) is 5.75 Å². The average molecular weight is 672 g/mol. The van der Waals surface area contributed by atoms with Gasteiger partial charge in [-0.2, -0.15) is 0 Å². The molecule has 0 saturated heterocycles. The molecule has 0 unspecified atom stereocenters. The summed E-state index contributed by atoms with van der Waals surface area (Å²) in [5, 5.41) is 23.6. The number of amides is 1. The Kier molecular flexibility index (Phi) is 20.8. The van der Waals surface area contributed by atoms with Crippen LogP contribution in [0.2, 0.25) is 0 Å². The molecule has 0 bridgehead atoms. The zero-order valence-corrected chi connectivity index (χ0v) is 28.4. The molecule has 3 atom stereocenters. The van der Waals surface area contributed by atoms with E-state index >= 15 is 0 Å². The fourth-order valence-electron chi connectivity index (χ4n) is 5.38. The van der Waals surface area contributed by atoms with E-state index in [1.807, 2.05) is 0 Å². The van der Waals surface area contributed by atoms with Gasteiger partial charge in [-0.05, 0) is 49.8 Å². The lowest BCUT2D eigenvalue weighted by Crippen LogP contribution is -2.54. The third-order valence-corrected chi connectivity index (χ3v) is 8.15. The van der Waals surface area contributed by atoms with E-state index in [4.69, 9.17) is 9.47 Å². The smallest absolute Gasteiger partial charge is 0.336 e. The number of ether oxygens (including phenoxy) is 2. The van der Waals surface area contributed by atoms with Gasteiger partial charge in [0.25, 0.3) is 0 Å². The predicted octanol–water partition coefficient (Wildman–Crippen LogP) is 7.75. The van der Waals surface area contributed by atoms with Crippen LogP contribution in [-0.2, 0) is 25.5 Å². The van der Waals surface area contributed by atoms with Crippen LogP contribution in [0.1, 0.15) is 116 Å². The first-order valence-electron chi connectivity index (χ1n) is 17.1. The minimum Gasteiger partial charge on any atom is -0.494 e. The summed E-state index contributed by atoms with van der Waals surface area (Å²) in [6.07, 6.45) is 10.5. The van der Waals surface area contributed by atoms with Gasteiger partial charge in [0.05, 0.1) is 26.3 Å². The lowest BCUT2D eigenvalue weighted by molar-refractivity contribution is -0.167. The first kappa shape index (κ1) is 41.9. The Bertz CT molecular complexity index is 1070. The third kappa shape index (κ3) is 16.5. The number of methoxy groups -OCH3 is 1. The number of nitrogens with one attached hydrogen (secondary N) is 1. The van der Waals surface area contributed by atoms with Crippen molar-refractivity contribution in [3.8, 4) is 5.75 Å². The molecule has 0 heterocycles. The monoisotopic (exact) mass is 671 g/mol. The molecule has 1 amide bonds. The largest absolute Gasteiger partial charge is 0.494 e. The van der Waals surface area contributed by atoms with Crippen LogP contribution in [-0.4, -0.2) is 66.0 Å². The topological polar surface area (TPSA) is 122 Å². The van der Waals surface area contributed by atoms with Gasteiger partial charge in [-0.25, -0.2) is 18.4 Å². The highest BCUT2D eigenvalue weighted by Gasteiger charge is 2.46. The van der Waals surface area contributed by atoms with Crippen molar-refractivity contribution >= 4 is 17.8 Å². The van der Waals surface area contributed by atoms with Gasteiger partial charge in [-0.1, -0.05) is 83.1 Å². The second-order valence-corrected chi connectivity index (χ2v) is 12.2. The highest BCUT2D eigenvalue weighted by atomic mass is 19.3. The minimum absolute atomic E-state index is 0.0246. The molecule has 1 aromatic rings. The molecule has 1 aromatic carbocycles. The zero-order chi connectivity index (χ0) is 35.1. The van der Waals surface area contributed by atoms with E-state index in [0.29, 0.717) is 49.8 Å². The maximum absolute atomic E-state index is 14.2. The van der Waals surface area contributed by atoms with Crippen molar-refractivity contribution in [3.05, 3.63) is 42.0 Å². The molecule has 47 heavy (non-hydrogen) atoms. The maximum atomic E-state index is 14.2. The summed E-state index contributed by atoms with van der Waals surface area (Å²) in [4.78, 5) is 38.3. The number of carboxylic acid groups (broad SMARTS) is 1. The lowest BCUT2D eigenvalue weighted by Gasteiger charge is -2.30. The Hall–Kier alpha value is -3.08. The van der Waals surface area contributed by atoms with Crippen LogP contribution < -0.4 is 10.1 Å². The number of unbranched alkanes of at least 4 members (excludes halogenated alkanes) is 8. The molecule has 268 valence electrons. The molecule has 1 rings (SSSR count). The van der Waals surface area contributed by atoms with Crippen LogP contribution in [0, 0.1) is 5.92 Å². The van der Waals surface area contributed by atoms with Crippen molar-refractivity contribution in [1.82, 2.24) is 5.32 Å². The second kappa shape index (κ2) is 23.3. The van der Waals surface area contributed by atoms with Crippen LogP contribution in [0.3, 0.4) is 0 Å². The SMILES string of the molecule is CCCCCCCC(F)(F)CCCCCC/C=C/[C@H](C(=O)N[C@@H](Cc1ccc(OCCCF)cc1)C(=O)OC)[C@@](O)(CCC)C(=O)O. The number of carboxylic acids is 1. The molecule has 0 spiro atoms. The first-order chi connectivity index (χ1) is 22.4. The van der Waals surface area contributed by atoms with Crippen molar-refractivity contribution in [2.75, 3.05) is 20.4 Å². The van der Waals surface area contributed by atoms with Crippen molar-refractivity contribution in [3.63, 3.8) is 0 Å². The summed E-state index contributed by atoms with van der Waals surface area (Å²) in [6.45, 7) is 3.50. The normalized spacial score (nSPS) is 14.4. The van der Waals surface area contributed by atoms with Gasteiger partial charge in [0.15, 0.2) is 5.60 Å². The van der Waals surface area contributed by atoms with Gasteiger partial charge in [0, 0.05) is 25.7 Å². The Balaban J connectivity index is 2.83. The van der Waals surface area contributed by atoms with Gasteiger partial charge < -0.3 is 25.0 Å². The molecule has 0 saturated carbocycles. The second-order valence-electron chi connectivity index (χ2n) is 12.2.